The summed E-state index contributed by atoms with van der Waals surface area (Å²) < 4.78 is 10.6. The molecule has 1 N–H and O–H groups in total. The maximum Gasteiger partial charge on any atom is 0.284 e. The summed E-state index contributed by atoms with van der Waals surface area (Å²) in [5.74, 6) is 0.737. The largest absolute Gasteiger partial charge is 0.459 e. The van der Waals surface area contributed by atoms with E-state index in [4.69, 9.17) is 32.0 Å². The molecule has 3 aromatic rings. The molecular formula is C16H13Cl2N3O3S. The molecule has 3 rings (SSSR count). The number of carbonyl (C=O) groups is 1. The van der Waals surface area contributed by atoms with E-state index < -0.39 is 0 Å². The summed E-state index contributed by atoms with van der Waals surface area (Å²) in [5.41, 5.74) is 0.866. The van der Waals surface area contributed by atoms with Gasteiger partial charge in [-0.05, 0) is 36.8 Å². The van der Waals surface area contributed by atoms with Crippen LogP contribution in [0, 0.1) is 0 Å². The summed E-state index contributed by atoms with van der Waals surface area (Å²) in [6, 6.07) is 8.49. The van der Waals surface area contributed by atoms with Crippen LogP contribution in [0.15, 0.2) is 50.7 Å². The molecule has 0 fully saturated rings. The topological polar surface area (TPSA) is 81.2 Å². The molecule has 0 unspecified atom stereocenters. The Hall–Kier alpha value is -1.96. The number of rotatable bonds is 6. The van der Waals surface area contributed by atoms with Crippen molar-refractivity contribution in [3.63, 3.8) is 0 Å². The number of amides is 1. The number of hydrogen-bond donors (Lipinski definition) is 1. The number of carbonyl (C=O) groups excluding carboxylic acids is 1. The third-order valence-corrected chi connectivity index (χ3v) is 4.84. The molecule has 130 valence electrons. The fourth-order valence-corrected chi connectivity index (χ4v) is 2.92. The lowest BCUT2D eigenvalue weighted by Gasteiger charge is -2.14. The summed E-state index contributed by atoms with van der Waals surface area (Å²) in [7, 11) is 0. The van der Waals surface area contributed by atoms with Crippen molar-refractivity contribution in [3.8, 4) is 11.7 Å². The van der Waals surface area contributed by atoms with Gasteiger partial charge in [0.05, 0.1) is 28.1 Å². The maximum atomic E-state index is 12.1. The lowest BCUT2D eigenvalue weighted by molar-refractivity contribution is -0.119. The molecule has 0 aliphatic heterocycles. The summed E-state index contributed by atoms with van der Waals surface area (Å²) in [5, 5.41) is 11.8. The molecule has 0 aliphatic carbocycles. The fourth-order valence-electron chi connectivity index (χ4n) is 2.04. The first-order valence-electron chi connectivity index (χ1n) is 7.27. The van der Waals surface area contributed by atoms with Gasteiger partial charge in [0.2, 0.25) is 5.91 Å². The Bertz CT molecular complexity index is 867. The highest BCUT2D eigenvalue weighted by atomic mass is 35.5. The smallest absolute Gasteiger partial charge is 0.284 e. The van der Waals surface area contributed by atoms with E-state index in [2.05, 4.69) is 15.5 Å². The standard InChI is InChI=1S/C16H13Cl2N3O3S/c1-9(10-4-5-11(17)12(18)7-10)19-14(22)8-25-16-21-20-15(24-16)13-3-2-6-23-13/h2-7,9H,8H2,1H3,(H,19,22)/t9-/m0/s1. The van der Waals surface area contributed by atoms with Crippen LogP contribution in [0.4, 0.5) is 0 Å². The maximum absolute atomic E-state index is 12.1. The first-order chi connectivity index (χ1) is 12.0. The van der Waals surface area contributed by atoms with Crippen LogP contribution in [0.5, 0.6) is 0 Å². The lowest BCUT2D eigenvalue weighted by atomic mass is 10.1. The van der Waals surface area contributed by atoms with Gasteiger partial charge in [0.15, 0.2) is 5.76 Å². The zero-order valence-electron chi connectivity index (χ0n) is 13.0. The van der Waals surface area contributed by atoms with Crippen LogP contribution >= 0.6 is 35.0 Å². The molecule has 1 aromatic carbocycles. The second kappa shape index (κ2) is 7.95. The van der Waals surface area contributed by atoms with Crippen LogP contribution in [0.3, 0.4) is 0 Å². The number of aromatic nitrogens is 2. The molecule has 2 aromatic heterocycles. The molecule has 0 spiro atoms. The number of nitrogens with one attached hydrogen (secondary N) is 1. The quantitative estimate of drug-likeness (QED) is 0.611. The molecule has 2 heterocycles. The van der Waals surface area contributed by atoms with Crippen LogP contribution in [0.25, 0.3) is 11.7 Å². The predicted octanol–water partition coefficient (Wildman–Crippen LogP) is 4.61. The number of furan rings is 1. The molecule has 9 heteroatoms. The highest BCUT2D eigenvalue weighted by Crippen LogP contribution is 2.26. The Kier molecular flexibility index (Phi) is 5.67. The van der Waals surface area contributed by atoms with Gasteiger partial charge < -0.3 is 14.2 Å². The van der Waals surface area contributed by atoms with Crippen molar-refractivity contribution in [1.29, 1.82) is 0 Å². The number of hydrogen-bond acceptors (Lipinski definition) is 6. The molecule has 1 atom stereocenters. The molecule has 0 aliphatic rings. The van der Waals surface area contributed by atoms with Crippen LogP contribution < -0.4 is 5.32 Å². The molecule has 0 saturated heterocycles. The van der Waals surface area contributed by atoms with Gasteiger partial charge >= 0.3 is 0 Å². The average Bonchev–Trinajstić information content (AvgIpc) is 3.26. The highest BCUT2D eigenvalue weighted by Gasteiger charge is 2.15. The van der Waals surface area contributed by atoms with Crippen molar-refractivity contribution in [2.45, 2.75) is 18.2 Å². The minimum absolute atomic E-state index is 0.144. The summed E-state index contributed by atoms with van der Waals surface area (Å²) >= 11 is 13.0. The van der Waals surface area contributed by atoms with Gasteiger partial charge in [-0.25, -0.2) is 0 Å². The minimum atomic E-state index is -0.204. The second-order valence-corrected chi connectivity index (χ2v) is 6.84. The van der Waals surface area contributed by atoms with E-state index >= 15 is 0 Å². The third-order valence-electron chi connectivity index (χ3n) is 3.29. The van der Waals surface area contributed by atoms with Gasteiger partial charge in [-0.1, -0.05) is 41.0 Å². The van der Waals surface area contributed by atoms with Crippen LogP contribution in [-0.2, 0) is 4.79 Å². The molecule has 0 saturated carbocycles. The first-order valence-corrected chi connectivity index (χ1v) is 9.01. The van der Waals surface area contributed by atoms with Crippen molar-refractivity contribution in [2.24, 2.45) is 0 Å². The van der Waals surface area contributed by atoms with Gasteiger partial charge in [-0.15, -0.1) is 10.2 Å². The van der Waals surface area contributed by atoms with Gasteiger partial charge in [0.25, 0.3) is 11.1 Å². The average molecular weight is 398 g/mol. The van der Waals surface area contributed by atoms with Crippen molar-refractivity contribution in [3.05, 3.63) is 52.2 Å². The van der Waals surface area contributed by atoms with Gasteiger partial charge in [-0.2, -0.15) is 0 Å². The van der Waals surface area contributed by atoms with E-state index in [0.717, 1.165) is 17.3 Å². The van der Waals surface area contributed by atoms with E-state index in [0.29, 0.717) is 21.0 Å². The molecule has 0 radical (unpaired) electrons. The molecule has 1 amide bonds. The van der Waals surface area contributed by atoms with E-state index in [-0.39, 0.29) is 23.6 Å². The second-order valence-electron chi connectivity index (χ2n) is 5.10. The molecule has 25 heavy (non-hydrogen) atoms. The number of halogens is 2. The summed E-state index contributed by atoms with van der Waals surface area (Å²) in [6.07, 6.45) is 1.52. The third kappa shape index (κ3) is 4.56. The Morgan fingerprint density at radius 3 is 2.84 bits per heavy atom. The van der Waals surface area contributed by atoms with Crippen molar-refractivity contribution in [2.75, 3.05) is 5.75 Å². The number of nitrogens with zero attached hydrogens (tertiary/aromatic N) is 2. The van der Waals surface area contributed by atoms with Crippen molar-refractivity contribution >= 4 is 40.9 Å². The van der Waals surface area contributed by atoms with Crippen LogP contribution in [-0.4, -0.2) is 21.9 Å². The Labute approximate surface area is 157 Å². The summed E-state index contributed by atoms with van der Waals surface area (Å²) in [6.45, 7) is 1.86. The SMILES string of the molecule is C[C@H](NC(=O)CSc1nnc(-c2ccco2)o1)c1ccc(Cl)c(Cl)c1. The van der Waals surface area contributed by atoms with Gasteiger partial charge in [0, 0.05) is 0 Å². The Morgan fingerprint density at radius 2 is 2.12 bits per heavy atom. The fraction of sp³-hybridized carbons (Fsp3) is 0.188. The van der Waals surface area contributed by atoms with E-state index in [1.54, 1.807) is 24.3 Å². The predicted molar refractivity (Wildman–Crippen MR) is 95.7 cm³/mol. The monoisotopic (exact) mass is 397 g/mol. The van der Waals surface area contributed by atoms with E-state index in [1.807, 2.05) is 13.0 Å². The van der Waals surface area contributed by atoms with Gasteiger partial charge in [0.1, 0.15) is 0 Å². The first kappa shape index (κ1) is 17.8. The molecule has 0 bridgehead atoms. The van der Waals surface area contributed by atoms with E-state index in [9.17, 15) is 4.79 Å². The van der Waals surface area contributed by atoms with Crippen LogP contribution in [0.2, 0.25) is 10.0 Å². The van der Waals surface area contributed by atoms with Crippen molar-refractivity contribution < 1.29 is 13.6 Å². The Balaban J connectivity index is 1.53. The van der Waals surface area contributed by atoms with Crippen LogP contribution in [0.1, 0.15) is 18.5 Å². The zero-order valence-corrected chi connectivity index (χ0v) is 15.4. The number of thioether (sulfide) groups is 1. The molecular weight excluding hydrogens is 385 g/mol. The highest BCUT2D eigenvalue weighted by molar-refractivity contribution is 7.99. The number of benzene rings is 1. The van der Waals surface area contributed by atoms with Gasteiger partial charge in [-0.3, -0.25) is 4.79 Å². The normalized spacial score (nSPS) is 12.1. The lowest BCUT2D eigenvalue weighted by Crippen LogP contribution is -2.28. The zero-order chi connectivity index (χ0) is 17.8. The van der Waals surface area contributed by atoms with Crippen molar-refractivity contribution in [1.82, 2.24) is 15.5 Å². The summed E-state index contributed by atoms with van der Waals surface area (Å²) in [4.78, 5) is 12.1. The van der Waals surface area contributed by atoms with E-state index in [1.165, 1.54) is 6.26 Å². The molecule has 6 nitrogen and oxygen atoms in total. The minimum Gasteiger partial charge on any atom is -0.459 e. The Morgan fingerprint density at radius 1 is 1.28 bits per heavy atom.